The largest absolute Gasteiger partial charge is 0.478 e. The Hall–Kier alpha value is -1.95. The van der Waals surface area contributed by atoms with Gasteiger partial charge in [-0.1, -0.05) is 0 Å². The quantitative estimate of drug-likeness (QED) is 0.774. The standard InChI is InChI=1S/C13H15FN2O3/c14-11-2-1-9(7-10(11)13(18)19)16-12(17)8-3-5-15-6-4-8/h1-2,7-8,15H,3-6H2,(H,16,17)(H,18,19). The molecule has 1 heterocycles. The number of carboxylic acid groups (broad SMARTS) is 1. The summed E-state index contributed by atoms with van der Waals surface area (Å²) >= 11 is 0. The van der Waals surface area contributed by atoms with Crippen molar-refractivity contribution in [2.75, 3.05) is 18.4 Å². The molecule has 2 rings (SSSR count). The first-order valence-electron chi connectivity index (χ1n) is 6.12. The number of rotatable bonds is 3. The molecule has 1 fully saturated rings. The zero-order chi connectivity index (χ0) is 13.8. The number of aromatic carboxylic acids is 1. The highest BCUT2D eigenvalue weighted by Gasteiger charge is 2.21. The third kappa shape index (κ3) is 3.29. The lowest BCUT2D eigenvalue weighted by molar-refractivity contribution is -0.120. The Bertz CT molecular complexity index is 499. The molecular weight excluding hydrogens is 251 g/mol. The maximum Gasteiger partial charge on any atom is 0.338 e. The lowest BCUT2D eigenvalue weighted by Gasteiger charge is -2.21. The van der Waals surface area contributed by atoms with E-state index in [2.05, 4.69) is 10.6 Å². The predicted octanol–water partition coefficient (Wildman–Crippen LogP) is 1.46. The number of carboxylic acids is 1. The number of nitrogens with one attached hydrogen (secondary N) is 2. The van der Waals surface area contributed by atoms with E-state index in [9.17, 15) is 14.0 Å². The third-order valence-electron chi connectivity index (χ3n) is 3.17. The molecule has 0 atom stereocenters. The van der Waals surface area contributed by atoms with Crippen LogP contribution in [0.5, 0.6) is 0 Å². The highest BCUT2D eigenvalue weighted by Crippen LogP contribution is 2.18. The van der Waals surface area contributed by atoms with Crippen molar-refractivity contribution in [2.24, 2.45) is 5.92 Å². The van der Waals surface area contributed by atoms with Crippen LogP contribution < -0.4 is 10.6 Å². The van der Waals surface area contributed by atoms with Gasteiger partial charge in [0, 0.05) is 11.6 Å². The molecular formula is C13H15FN2O3. The lowest BCUT2D eigenvalue weighted by atomic mass is 9.97. The van der Waals surface area contributed by atoms with E-state index in [1.165, 1.54) is 6.07 Å². The number of hydrogen-bond donors (Lipinski definition) is 3. The summed E-state index contributed by atoms with van der Waals surface area (Å²) < 4.78 is 13.2. The molecule has 1 aliphatic rings. The average Bonchev–Trinajstić information content (AvgIpc) is 2.41. The van der Waals surface area contributed by atoms with E-state index in [4.69, 9.17) is 5.11 Å². The Balaban J connectivity index is 2.08. The van der Waals surface area contributed by atoms with Gasteiger partial charge in [-0.05, 0) is 44.1 Å². The lowest BCUT2D eigenvalue weighted by Crippen LogP contribution is -2.34. The Morgan fingerprint density at radius 3 is 2.63 bits per heavy atom. The number of carbonyl (C=O) groups excluding carboxylic acids is 1. The summed E-state index contributed by atoms with van der Waals surface area (Å²) in [5, 5.41) is 14.6. The zero-order valence-electron chi connectivity index (χ0n) is 10.3. The molecule has 0 bridgehead atoms. The highest BCUT2D eigenvalue weighted by molar-refractivity contribution is 5.95. The van der Waals surface area contributed by atoms with Crippen molar-refractivity contribution in [3.63, 3.8) is 0 Å². The molecule has 5 nitrogen and oxygen atoms in total. The molecule has 0 aliphatic carbocycles. The number of amides is 1. The molecule has 3 N–H and O–H groups in total. The molecule has 1 saturated heterocycles. The second kappa shape index (κ2) is 5.79. The van der Waals surface area contributed by atoms with Gasteiger partial charge >= 0.3 is 5.97 Å². The minimum atomic E-state index is -1.35. The molecule has 19 heavy (non-hydrogen) atoms. The molecule has 1 amide bonds. The molecule has 0 unspecified atom stereocenters. The molecule has 102 valence electrons. The molecule has 0 spiro atoms. The van der Waals surface area contributed by atoms with Gasteiger partial charge < -0.3 is 15.7 Å². The van der Waals surface area contributed by atoms with Gasteiger partial charge in [-0.2, -0.15) is 0 Å². The summed E-state index contributed by atoms with van der Waals surface area (Å²) in [6.07, 6.45) is 1.50. The maximum atomic E-state index is 13.2. The van der Waals surface area contributed by atoms with Gasteiger partial charge in [-0.3, -0.25) is 4.79 Å². The van der Waals surface area contributed by atoms with E-state index in [1.807, 2.05) is 0 Å². The summed E-state index contributed by atoms with van der Waals surface area (Å²) in [6.45, 7) is 1.59. The molecule has 1 aliphatic heterocycles. The fourth-order valence-corrected chi connectivity index (χ4v) is 2.10. The molecule has 0 radical (unpaired) electrons. The summed E-state index contributed by atoms with van der Waals surface area (Å²) in [6, 6.07) is 3.54. The SMILES string of the molecule is O=C(O)c1cc(NC(=O)C2CCNCC2)ccc1F. The minimum absolute atomic E-state index is 0.0837. The van der Waals surface area contributed by atoms with Gasteiger partial charge in [-0.15, -0.1) is 0 Å². The van der Waals surface area contributed by atoms with E-state index in [-0.39, 0.29) is 11.8 Å². The number of benzene rings is 1. The van der Waals surface area contributed by atoms with E-state index >= 15 is 0 Å². The predicted molar refractivity (Wildman–Crippen MR) is 67.6 cm³/mol. The first-order chi connectivity index (χ1) is 9.08. The van der Waals surface area contributed by atoms with Crippen molar-refractivity contribution in [3.05, 3.63) is 29.6 Å². The topological polar surface area (TPSA) is 78.4 Å². The first kappa shape index (κ1) is 13.5. The third-order valence-corrected chi connectivity index (χ3v) is 3.17. The van der Waals surface area contributed by atoms with Gasteiger partial charge in [0.2, 0.25) is 5.91 Å². The molecule has 1 aromatic rings. The van der Waals surface area contributed by atoms with Crippen LogP contribution in [0.2, 0.25) is 0 Å². The number of halogens is 1. The Morgan fingerprint density at radius 2 is 2.00 bits per heavy atom. The van der Waals surface area contributed by atoms with Gasteiger partial charge in [0.15, 0.2) is 0 Å². The van der Waals surface area contributed by atoms with E-state index < -0.39 is 17.3 Å². The second-order valence-corrected chi connectivity index (χ2v) is 4.51. The number of piperidine rings is 1. The first-order valence-corrected chi connectivity index (χ1v) is 6.12. The summed E-state index contributed by atoms with van der Waals surface area (Å²) in [7, 11) is 0. The number of carbonyl (C=O) groups is 2. The van der Waals surface area contributed by atoms with Crippen molar-refractivity contribution in [3.8, 4) is 0 Å². The van der Waals surface area contributed by atoms with Crippen molar-refractivity contribution in [1.29, 1.82) is 0 Å². The maximum absolute atomic E-state index is 13.2. The Labute approximate surface area is 109 Å². The van der Waals surface area contributed by atoms with E-state index in [0.717, 1.165) is 38.1 Å². The van der Waals surface area contributed by atoms with Crippen LogP contribution in [0.4, 0.5) is 10.1 Å². The summed E-state index contributed by atoms with van der Waals surface area (Å²) in [4.78, 5) is 22.8. The average molecular weight is 266 g/mol. The van der Waals surface area contributed by atoms with Crippen LogP contribution in [0.1, 0.15) is 23.2 Å². The zero-order valence-corrected chi connectivity index (χ0v) is 10.3. The number of anilines is 1. The van der Waals surface area contributed by atoms with Crippen LogP contribution in [-0.2, 0) is 4.79 Å². The monoisotopic (exact) mass is 266 g/mol. The van der Waals surface area contributed by atoms with Crippen molar-refractivity contribution < 1.29 is 19.1 Å². The Kier molecular flexibility index (Phi) is 4.11. The smallest absolute Gasteiger partial charge is 0.338 e. The van der Waals surface area contributed by atoms with Crippen molar-refractivity contribution >= 4 is 17.6 Å². The minimum Gasteiger partial charge on any atom is -0.478 e. The fourth-order valence-electron chi connectivity index (χ4n) is 2.10. The van der Waals surface area contributed by atoms with Crippen molar-refractivity contribution in [2.45, 2.75) is 12.8 Å². The van der Waals surface area contributed by atoms with Crippen LogP contribution in [0.15, 0.2) is 18.2 Å². The molecule has 0 saturated carbocycles. The van der Waals surface area contributed by atoms with Gasteiger partial charge in [-0.25, -0.2) is 9.18 Å². The van der Waals surface area contributed by atoms with E-state index in [0.29, 0.717) is 5.69 Å². The van der Waals surface area contributed by atoms with E-state index in [1.54, 1.807) is 0 Å². The van der Waals surface area contributed by atoms with Gasteiger partial charge in [0.05, 0.1) is 5.56 Å². The normalized spacial score (nSPS) is 16.1. The van der Waals surface area contributed by atoms with Crippen LogP contribution >= 0.6 is 0 Å². The highest BCUT2D eigenvalue weighted by atomic mass is 19.1. The van der Waals surface area contributed by atoms with Crippen LogP contribution in [0.25, 0.3) is 0 Å². The van der Waals surface area contributed by atoms with Crippen LogP contribution in [-0.4, -0.2) is 30.1 Å². The molecule has 1 aromatic carbocycles. The summed E-state index contributed by atoms with van der Waals surface area (Å²) in [5.41, 5.74) is -0.134. The fraction of sp³-hybridized carbons (Fsp3) is 0.385. The van der Waals surface area contributed by atoms with Gasteiger partial charge in [0.1, 0.15) is 5.82 Å². The Morgan fingerprint density at radius 1 is 1.32 bits per heavy atom. The number of hydrogen-bond acceptors (Lipinski definition) is 3. The second-order valence-electron chi connectivity index (χ2n) is 4.51. The molecule has 0 aromatic heterocycles. The van der Waals surface area contributed by atoms with Crippen molar-refractivity contribution in [1.82, 2.24) is 5.32 Å². The van der Waals surface area contributed by atoms with Crippen LogP contribution in [0.3, 0.4) is 0 Å². The molecule has 6 heteroatoms. The van der Waals surface area contributed by atoms with Crippen LogP contribution in [0, 0.1) is 11.7 Å². The summed E-state index contributed by atoms with van der Waals surface area (Å²) in [5.74, 6) is -2.40. The van der Waals surface area contributed by atoms with Gasteiger partial charge in [0.25, 0.3) is 0 Å².